The molecule has 0 atom stereocenters. The number of aliphatic imine (C=N–C) groups is 1. The van der Waals surface area contributed by atoms with Crippen molar-refractivity contribution in [3.8, 4) is 0 Å². The monoisotopic (exact) mass is 454 g/mol. The maximum Gasteiger partial charge on any atom is 0.280 e. The van der Waals surface area contributed by atoms with Crippen LogP contribution in [-0.2, 0) is 0 Å². The molecule has 0 spiro atoms. The summed E-state index contributed by atoms with van der Waals surface area (Å²) in [5.74, 6) is -2.30. The first-order valence-electron chi connectivity index (χ1n) is 11.0. The van der Waals surface area contributed by atoms with Crippen molar-refractivity contribution < 1.29 is 18.4 Å². The lowest BCUT2D eigenvalue weighted by Crippen LogP contribution is -2.35. The zero-order valence-electron chi connectivity index (χ0n) is 18.1. The number of carbonyl (C=O) groups is 2. The van der Waals surface area contributed by atoms with E-state index in [9.17, 15) is 9.59 Å². The fourth-order valence-electron chi connectivity index (χ4n) is 3.75. The summed E-state index contributed by atoms with van der Waals surface area (Å²) >= 11 is 0. The van der Waals surface area contributed by atoms with Crippen LogP contribution in [0.1, 0.15) is 64.9 Å². The fraction of sp³-hybridized carbons (Fsp3) is 0.391. The van der Waals surface area contributed by atoms with Gasteiger partial charge in [0.25, 0.3) is 11.8 Å². The van der Waals surface area contributed by atoms with Crippen molar-refractivity contribution in [3.63, 3.8) is 0 Å². The highest BCUT2D eigenvalue weighted by Gasteiger charge is 2.39. The second-order valence-corrected chi connectivity index (χ2v) is 8.98. The molecule has 0 radical (unpaired) electrons. The van der Waals surface area contributed by atoms with Crippen molar-refractivity contribution >= 4 is 29.1 Å². The number of anilines is 2. The van der Waals surface area contributed by atoms with Crippen LogP contribution in [0.25, 0.3) is 0 Å². The van der Waals surface area contributed by atoms with Gasteiger partial charge < -0.3 is 21.3 Å². The van der Waals surface area contributed by atoms with Crippen LogP contribution in [-0.4, -0.2) is 41.4 Å². The molecule has 33 heavy (non-hydrogen) atoms. The number of rotatable bonds is 6. The number of nitrogens with one attached hydrogen (secondary N) is 4. The molecular weight excluding hydrogens is 430 g/mol. The van der Waals surface area contributed by atoms with E-state index in [1.54, 1.807) is 6.07 Å². The third-order valence-electron chi connectivity index (χ3n) is 6.09. The number of guanidine groups is 1. The largest absolute Gasteiger partial charge is 0.354 e. The minimum atomic E-state index is -0.856. The second-order valence-electron chi connectivity index (χ2n) is 8.98. The summed E-state index contributed by atoms with van der Waals surface area (Å²) < 4.78 is 30.3. The lowest BCUT2D eigenvalue weighted by Gasteiger charge is -2.16. The first kappa shape index (κ1) is 21.3. The zero-order chi connectivity index (χ0) is 23.2. The van der Waals surface area contributed by atoms with Crippen LogP contribution in [0.4, 0.5) is 20.2 Å². The molecule has 1 aliphatic heterocycles. The lowest BCUT2D eigenvalue weighted by molar-refractivity contribution is 0.0925. The highest BCUT2D eigenvalue weighted by Crippen LogP contribution is 2.45. The van der Waals surface area contributed by atoms with Gasteiger partial charge in [-0.2, -0.15) is 4.99 Å². The number of aromatic nitrogens is 1. The van der Waals surface area contributed by atoms with E-state index >= 15 is 8.78 Å². The van der Waals surface area contributed by atoms with Gasteiger partial charge in [0.05, 0.1) is 11.4 Å². The molecule has 172 valence electrons. The van der Waals surface area contributed by atoms with Crippen molar-refractivity contribution in [2.75, 3.05) is 18.4 Å². The molecule has 0 unspecified atom stereocenters. The van der Waals surface area contributed by atoms with Crippen molar-refractivity contribution in [3.05, 3.63) is 52.9 Å². The van der Waals surface area contributed by atoms with Crippen LogP contribution < -0.4 is 21.3 Å². The zero-order valence-corrected chi connectivity index (χ0v) is 18.1. The third-order valence-corrected chi connectivity index (χ3v) is 6.09. The van der Waals surface area contributed by atoms with Crippen molar-refractivity contribution in [2.24, 2.45) is 4.99 Å². The Labute approximate surface area is 189 Å². The van der Waals surface area contributed by atoms with E-state index in [4.69, 9.17) is 0 Å². The number of halogens is 2. The summed E-state index contributed by atoms with van der Waals surface area (Å²) in [4.78, 5) is 32.8. The quantitative estimate of drug-likeness (QED) is 0.535. The van der Waals surface area contributed by atoms with E-state index in [2.05, 4.69) is 31.2 Å². The van der Waals surface area contributed by atoms with Gasteiger partial charge in [-0.3, -0.25) is 9.59 Å². The van der Waals surface area contributed by atoms with Crippen LogP contribution >= 0.6 is 0 Å². The number of pyridine rings is 1. The molecule has 2 amide bonds. The molecule has 3 fully saturated rings. The molecule has 8 nitrogen and oxygen atoms in total. The maximum absolute atomic E-state index is 15.2. The summed E-state index contributed by atoms with van der Waals surface area (Å²) in [6, 6.07) is 4.05. The fourth-order valence-corrected chi connectivity index (χ4v) is 3.75. The topological polar surface area (TPSA) is 108 Å². The molecule has 0 bridgehead atoms. The minimum absolute atomic E-state index is 0.0597. The number of benzene rings is 1. The smallest absolute Gasteiger partial charge is 0.280 e. The Morgan fingerprint density at radius 2 is 1.91 bits per heavy atom. The SMILES string of the molecule is CC1(NC(=O)c2nccc(Nc3c(F)cc(C(=O)N=C4NCCN4)cc3C3CC3)c2F)CC1. The van der Waals surface area contributed by atoms with Gasteiger partial charge in [0.15, 0.2) is 17.5 Å². The number of carbonyl (C=O) groups excluding carboxylic acids is 2. The van der Waals surface area contributed by atoms with Gasteiger partial charge in [-0.25, -0.2) is 13.8 Å². The maximum atomic E-state index is 15.2. The summed E-state index contributed by atoms with van der Waals surface area (Å²) in [5.41, 5.74) is 0.0602. The summed E-state index contributed by atoms with van der Waals surface area (Å²) in [7, 11) is 0. The number of amides is 2. The van der Waals surface area contributed by atoms with Crippen LogP contribution in [0, 0.1) is 11.6 Å². The average Bonchev–Trinajstić information content (AvgIpc) is 3.70. The van der Waals surface area contributed by atoms with Gasteiger partial charge in [-0.15, -0.1) is 0 Å². The molecule has 2 saturated carbocycles. The normalized spacial score (nSPS) is 18.2. The molecule has 3 aliphatic rings. The summed E-state index contributed by atoms with van der Waals surface area (Å²) in [6.07, 6.45) is 4.65. The molecule has 1 aromatic carbocycles. The Kier molecular flexibility index (Phi) is 5.22. The van der Waals surface area contributed by atoms with E-state index in [-0.39, 0.29) is 34.1 Å². The van der Waals surface area contributed by atoms with Gasteiger partial charge in [0.2, 0.25) is 0 Å². The average molecular weight is 454 g/mol. The van der Waals surface area contributed by atoms with E-state index in [1.807, 2.05) is 6.92 Å². The minimum Gasteiger partial charge on any atom is -0.354 e. The summed E-state index contributed by atoms with van der Waals surface area (Å²) in [5, 5.41) is 11.4. The highest BCUT2D eigenvalue weighted by molar-refractivity contribution is 6.03. The highest BCUT2D eigenvalue weighted by atomic mass is 19.1. The lowest BCUT2D eigenvalue weighted by atomic mass is 10.0. The van der Waals surface area contributed by atoms with Crippen LogP contribution in [0.3, 0.4) is 0 Å². The Morgan fingerprint density at radius 3 is 2.58 bits per heavy atom. The molecule has 10 heteroatoms. The molecule has 2 aliphatic carbocycles. The first-order chi connectivity index (χ1) is 15.8. The number of nitrogens with zero attached hydrogens (tertiary/aromatic N) is 2. The Balaban J connectivity index is 1.44. The van der Waals surface area contributed by atoms with E-state index < -0.39 is 23.4 Å². The number of hydrogen-bond donors (Lipinski definition) is 4. The predicted molar refractivity (Wildman–Crippen MR) is 119 cm³/mol. The molecule has 5 rings (SSSR count). The standard InChI is InChI=1S/C23H24F2N6O2/c1-23(5-6-23)31-21(33)19-17(25)16(4-7-26-19)29-18-14(12-2-3-12)10-13(11-15(18)24)20(32)30-22-27-8-9-28-22/h4,7,10-12H,2-3,5-6,8-9H2,1H3,(H,26,29)(H,31,33)(H2,27,28,30,32). The third kappa shape index (κ3) is 4.50. The van der Waals surface area contributed by atoms with Gasteiger partial charge in [0, 0.05) is 30.4 Å². The van der Waals surface area contributed by atoms with Crippen molar-refractivity contribution in [2.45, 2.75) is 44.1 Å². The molecular formula is C23H24F2N6O2. The summed E-state index contributed by atoms with van der Waals surface area (Å²) in [6.45, 7) is 3.20. The molecule has 1 aromatic heterocycles. The predicted octanol–water partition coefficient (Wildman–Crippen LogP) is 2.95. The van der Waals surface area contributed by atoms with Gasteiger partial charge in [0.1, 0.15) is 5.82 Å². The molecule has 1 saturated heterocycles. The second kappa shape index (κ2) is 8.09. The first-order valence-corrected chi connectivity index (χ1v) is 11.0. The van der Waals surface area contributed by atoms with Crippen LogP contribution in [0.2, 0.25) is 0 Å². The van der Waals surface area contributed by atoms with E-state index in [0.717, 1.165) is 31.7 Å². The van der Waals surface area contributed by atoms with E-state index in [1.165, 1.54) is 12.3 Å². The van der Waals surface area contributed by atoms with E-state index in [0.29, 0.717) is 24.6 Å². The van der Waals surface area contributed by atoms with Gasteiger partial charge in [-0.05, 0) is 62.3 Å². The van der Waals surface area contributed by atoms with Crippen molar-refractivity contribution in [1.29, 1.82) is 0 Å². The van der Waals surface area contributed by atoms with Crippen molar-refractivity contribution in [1.82, 2.24) is 20.9 Å². The molecule has 2 aromatic rings. The molecule has 4 N–H and O–H groups in total. The van der Waals surface area contributed by atoms with Crippen LogP contribution in [0.5, 0.6) is 0 Å². The van der Waals surface area contributed by atoms with Gasteiger partial charge in [-0.1, -0.05) is 0 Å². The van der Waals surface area contributed by atoms with Gasteiger partial charge >= 0.3 is 0 Å². The Bertz CT molecular complexity index is 1170. The molecule has 2 heterocycles. The Hall–Kier alpha value is -3.56. The van der Waals surface area contributed by atoms with Crippen LogP contribution in [0.15, 0.2) is 29.4 Å². The Morgan fingerprint density at radius 1 is 1.18 bits per heavy atom. The number of hydrogen-bond acceptors (Lipinski definition) is 4.